The van der Waals surface area contributed by atoms with E-state index in [1.807, 2.05) is 10.6 Å². The average Bonchev–Trinajstić information content (AvgIpc) is 2.90. The van der Waals surface area contributed by atoms with Crippen LogP contribution in [0.15, 0.2) is 23.6 Å². The second-order valence-electron chi connectivity index (χ2n) is 7.46. The molecule has 0 aliphatic heterocycles. The highest BCUT2D eigenvalue weighted by Crippen LogP contribution is 2.31. The van der Waals surface area contributed by atoms with Gasteiger partial charge in [-0.15, -0.1) is 0 Å². The Balaban J connectivity index is 2.28. The highest BCUT2D eigenvalue weighted by Gasteiger charge is 2.22. The Hall–Kier alpha value is -2.49. The van der Waals surface area contributed by atoms with Gasteiger partial charge in [0.15, 0.2) is 15.7 Å². The van der Waals surface area contributed by atoms with Crippen molar-refractivity contribution < 1.29 is 18.3 Å². The molecule has 0 saturated heterocycles. The van der Waals surface area contributed by atoms with Crippen LogP contribution >= 0.6 is 0 Å². The van der Waals surface area contributed by atoms with Gasteiger partial charge in [0.05, 0.1) is 23.2 Å². The van der Waals surface area contributed by atoms with Crippen molar-refractivity contribution >= 4 is 43.7 Å². The van der Waals surface area contributed by atoms with E-state index in [1.165, 1.54) is 6.08 Å². The fourth-order valence-corrected chi connectivity index (χ4v) is 3.48. The SMILES string of the molecule is COCc1nc2c(N)nc3cc(/C=C/S(C)(=O)=O)ccc3c2n1CC(C)(C)O. The van der Waals surface area contributed by atoms with E-state index >= 15 is 0 Å². The lowest BCUT2D eigenvalue weighted by Crippen LogP contribution is -2.27. The van der Waals surface area contributed by atoms with E-state index in [2.05, 4.69) is 9.97 Å². The van der Waals surface area contributed by atoms with Crippen LogP contribution in [0.5, 0.6) is 0 Å². The number of hydrogen-bond donors (Lipinski definition) is 2. The summed E-state index contributed by atoms with van der Waals surface area (Å²) in [5.41, 5.74) is 7.79. The van der Waals surface area contributed by atoms with Crippen LogP contribution in [0.4, 0.5) is 5.82 Å². The Bertz CT molecular complexity index is 1170. The molecule has 0 bridgehead atoms. The second kappa shape index (κ2) is 7.16. The Morgan fingerprint density at radius 3 is 2.64 bits per heavy atom. The number of benzene rings is 1. The minimum absolute atomic E-state index is 0.263. The number of fused-ring (bicyclic) bond motifs is 3. The molecule has 1 aromatic carbocycles. The van der Waals surface area contributed by atoms with Crippen LogP contribution in [0.2, 0.25) is 0 Å². The van der Waals surface area contributed by atoms with Gasteiger partial charge in [0, 0.05) is 24.2 Å². The summed E-state index contributed by atoms with van der Waals surface area (Å²) < 4.78 is 29.9. The van der Waals surface area contributed by atoms with Gasteiger partial charge in [0.25, 0.3) is 0 Å². The van der Waals surface area contributed by atoms with Gasteiger partial charge >= 0.3 is 0 Å². The zero-order valence-electron chi connectivity index (χ0n) is 16.3. The predicted molar refractivity (Wildman–Crippen MR) is 110 cm³/mol. The standard InChI is InChI=1S/C19H24N4O4S/c1-19(2,24)11-23-15(10-27-3)22-16-17(23)13-6-5-12(7-8-28(4,25)26)9-14(13)21-18(16)20/h5-9,24H,10-11H2,1-4H3,(H2,20,21)/b8-7+. The van der Waals surface area contributed by atoms with Crippen molar-refractivity contribution in [3.05, 3.63) is 35.0 Å². The first-order valence-corrected chi connectivity index (χ1v) is 10.6. The second-order valence-corrected chi connectivity index (χ2v) is 9.39. The summed E-state index contributed by atoms with van der Waals surface area (Å²) in [5.74, 6) is 0.903. The number of nitrogens with two attached hydrogens (primary N) is 1. The first-order valence-electron chi connectivity index (χ1n) is 8.66. The number of imidazole rings is 1. The van der Waals surface area contributed by atoms with Crippen LogP contribution in [-0.4, -0.2) is 47.0 Å². The first kappa shape index (κ1) is 20.2. The molecule has 9 heteroatoms. The molecular formula is C19H24N4O4S. The number of pyridine rings is 1. The minimum atomic E-state index is -3.23. The van der Waals surface area contributed by atoms with Gasteiger partial charge in [-0.3, -0.25) is 0 Å². The normalized spacial score (nSPS) is 13.2. The van der Waals surface area contributed by atoms with Gasteiger partial charge < -0.3 is 20.1 Å². The molecule has 0 aliphatic rings. The van der Waals surface area contributed by atoms with E-state index in [-0.39, 0.29) is 12.4 Å². The van der Waals surface area contributed by atoms with Crippen LogP contribution in [0.3, 0.4) is 0 Å². The summed E-state index contributed by atoms with van der Waals surface area (Å²) in [6.07, 6.45) is 2.65. The molecule has 3 aromatic rings. The van der Waals surface area contributed by atoms with Gasteiger partial charge in [-0.2, -0.15) is 0 Å². The van der Waals surface area contributed by atoms with Gasteiger partial charge in [0.1, 0.15) is 17.9 Å². The molecule has 0 atom stereocenters. The molecule has 2 aromatic heterocycles. The van der Waals surface area contributed by atoms with Gasteiger partial charge in [-0.05, 0) is 31.6 Å². The van der Waals surface area contributed by atoms with Gasteiger partial charge in [-0.25, -0.2) is 18.4 Å². The largest absolute Gasteiger partial charge is 0.389 e. The number of sulfone groups is 1. The number of nitrogen functional groups attached to an aromatic ring is 1. The lowest BCUT2D eigenvalue weighted by atomic mass is 10.1. The number of rotatable bonds is 6. The third-order valence-corrected chi connectivity index (χ3v) is 4.76. The Labute approximate surface area is 163 Å². The molecule has 0 saturated carbocycles. The van der Waals surface area contributed by atoms with E-state index in [1.54, 1.807) is 33.1 Å². The number of hydrogen-bond acceptors (Lipinski definition) is 7. The van der Waals surface area contributed by atoms with Crippen molar-refractivity contribution in [2.45, 2.75) is 32.6 Å². The fraction of sp³-hybridized carbons (Fsp3) is 0.368. The van der Waals surface area contributed by atoms with Crippen molar-refractivity contribution in [2.75, 3.05) is 19.1 Å². The van der Waals surface area contributed by atoms with Crippen molar-refractivity contribution in [3.8, 4) is 0 Å². The van der Waals surface area contributed by atoms with Crippen LogP contribution < -0.4 is 5.73 Å². The number of ether oxygens (including phenoxy) is 1. The minimum Gasteiger partial charge on any atom is -0.389 e. The fourth-order valence-electron chi connectivity index (χ4n) is 3.08. The van der Waals surface area contributed by atoms with Crippen LogP contribution in [-0.2, 0) is 27.7 Å². The summed E-state index contributed by atoms with van der Waals surface area (Å²) in [6, 6.07) is 5.42. The van der Waals surface area contributed by atoms with Crippen molar-refractivity contribution in [2.24, 2.45) is 0 Å². The Morgan fingerprint density at radius 1 is 1.32 bits per heavy atom. The molecular weight excluding hydrogens is 380 g/mol. The molecule has 2 heterocycles. The van der Waals surface area contributed by atoms with E-state index < -0.39 is 15.4 Å². The zero-order chi connectivity index (χ0) is 20.7. The summed E-state index contributed by atoms with van der Waals surface area (Å²) >= 11 is 0. The summed E-state index contributed by atoms with van der Waals surface area (Å²) in [5, 5.41) is 12.3. The summed E-state index contributed by atoms with van der Waals surface area (Å²) in [6.45, 7) is 4.00. The van der Waals surface area contributed by atoms with Crippen molar-refractivity contribution in [1.82, 2.24) is 14.5 Å². The van der Waals surface area contributed by atoms with E-state index in [9.17, 15) is 13.5 Å². The molecule has 0 aliphatic carbocycles. The Morgan fingerprint density at radius 2 is 2.04 bits per heavy atom. The highest BCUT2D eigenvalue weighted by atomic mass is 32.2. The lowest BCUT2D eigenvalue weighted by Gasteiger charge is -2.20. The molecule has 0 spiro atoms. The molecule has 0 unspecified atom stereocenters. The number of methoxy groups -OCH3 is 1. The Kier molecular flexibility index (Phi) is 5.18. The molecule has 3 N–H and O–H groups in total. The predicted octanol–water partition coefficient (Wildman–Crippen LogP) is 2.10. The lowest BCUT2D eigenvalue weighted by molar-refractivity contribution is 0.0597. The number of anilines is 1. The van der Waals surface area contributed by atoms with Crippen LogP contribution in [0.1, 0.15) is 25.2 Å². The van der Waals surface area contributed by atoms with Crippen molar-refractivity contribution in [1.29, 1.82) is 0 Å². The summed E-state index contributed by atoms with van der Waals surface area (Å²) in [7, 11) is -1.65. The monoisotopic (exact) mass is 404 g/mol. The number of nitrogens with zero attached hydrogens (tertiary/aromatic N) is 3. The zero-order valence-corrected chi connectivity index (χ0v) is 17.1. The third-order valence-electron chi connectivity index (χ3n) is 4.13. The highest BCUT2D eigenvalue weighted by molar-refractivity contribution is 7.93. The molecule has 3 rings (SSSR count). The molecule has 150 valence electrons. The van der Waals surface area contributed by atoms with Gasteiger partial charge in [-0.1, -0.05) is 12.1 Å². The molecule has 8 nitrogen and oxygen atoms in total. The number of aromatic nitrogens is 3. The van der Waals surface area contributed by atoms with E-state index in [4.69, 9.17) is 10.5 Å². The van der Waals surface area contributed by atoms with Crippen LogP contribution in [0, 0.1) is 0 Å². The maximum atomic E-state index is 11.4. The molecule has 0 radical (unpaired) electrons. The van der Waals surface area contributed by atoms with E-state index in [0.29, 0.717) is 29.0 Å². The van der Waals surface area contributed by atoms with Crippen LogP contribution in [0.25, 0.3) is 28.0 Å². The van der Waals surface area contributed by atoms with Gasteiger partial charge in [0.2, 0.25) is 0 Å². The molecule has 0 amide bonds. The number of aliphatic hydroxyl groups is 1. The maximum absolute atomic E-state index is 11.4. The quantitative estimate of drug-likeness (QED) is 0.645. The molecule has 0 fully saturated rings. The molecule has 28 heavy (non-hydrogen) atoms. The average molecular weight is 404 g/mol. The summed E-state index contributed by atoms with van der Waals surface area (Å²) in [4.78, 5) is 9.01. The third kappa shape index (κ3) is 4.32. The first-order chi connectivity index (χ1) is 13.0. The smallest absolute Gasteiger partial charge is 0.168 e. The maximum Gasteiger partial charge on any atom is 0.168 e. The van der Waals surface area contributed by atoms with Crippen molar-refractivity contribution in [3.63, 3.8) is 0 Å². The van der Waals surface area contributed by atoms with E-state index in [0.717, 1.165) is 22.6 Å². The topological polar surface area (TPSA) is 120 Å².